The summed E-state index contributed by atoms with van der Waals surface area (Å²) in [6.07, 6.45) is 2.23. The molecule has 1 aromatic heterocycles. The van der Waals surface area contributed by atoms with E-state index < -0.39 is 0 Å². The molecule has 92 valence electrons. The van der Waals surface area contributed by atoms with Gasteiger partial charge in [-0.15, -0.1) is 10.2 Å². The standard InChI is InChI=1S/C12H23N3O/c1-6-7-9(2)11-15-14-10(16-11)8-13-12(3,4)5/h9,13H,6-8H2,1-5H3. The maximum absolute atomic E-state index is 5.61. The minimum atomic E-state index is 0.0731. The molecular weight excluding hydrogens is 202 g/mol. The highest BCUT2D eigenvalue weighted by atomic mass is 16.4. The van der Waals surface area contributed by atoms with Gasteiger partial charge in [0.2, 0.25) is 11.8 Å². The molecule has 1 unspecified atom stereocenters. The Morgan fingerprint density at radius 2 is 2.00 bits per heavy atom. The average molecular weight is 225 g/mol. The van der Waals surface area contributed by atoms with Crippen LogP contribution in [0.1, 0.15) is 65.2 Å². The first kappa shape index (κ1) is 13.2. The van der Waals surface area contributed by atoms with Crippen molar-refractivity contribution in [2.45, 2.75) is 65.5 Å². The van der Waals surface area contributed by atoms with Crippen LogP contribution in [0.2, 0.25) is 0 Å². The molecule has 0 saturated carbocycles. The van der Waals surface area contributed by atoms with Gasteiger partial charge in [0.15, 0.2) is 0 Å². The van der Waals surface area contributed by atoms with Gasteiger partial charge >= 0.3 is 0 Å². The zero-order valence-electron chi connectivity index (χ0n) is 11.0. The fourth-order valence-electron chi connectivity index (χ4n) is 1.43. The third kappa shape index (κ3) is 4.31. The van der Waals surface area contributed by atoms with Crippen molar-refractivity contribution in [1.82, 2.24) is 15.5 Å². The van der Waals surface area contributed by atoms with Crippen LogP contribution in [0, 0.1) is 0 Å². The fourth-order valence-corrected chi connectivity index (χ4v) is 1.43. The molecule has 0 bridgehead atoms. The molecule has 1 atom stereocenters. The van der Waals surface area contributed by atoms with Crippen LogP contribution in [0.4, 0.5) is 0 Å². The summed E-state index contributed by atoms with van der Waals surface area (Å²) >= 11 is 0. The molecule has 0 spiro atoms. The van der Waals surface area contributed by atoms with Crippen LogP contribution in [0.5, 0.6) is 0 Å². The van der Waals surface area contributed by atoms with Crippen LogP contribution in [0.15, 0.2) is 4.42 Å². The van der Waals surface area contributed by atoms with Crippen molar-refractivity contribution in [3.8, 4) is 0 Å². The molecule has 16 heavy (non-hydrogen) atoms. The summed E-state index contributed by atoms with van der Waals surface area (Å²) in [4.78, 5) is 0. The number of rotatable bonds is 5. The monoisotopic (exact) mass is 225 g/mol. The summed E-state index contributed by atoms with van der Waals surface area (Å²) < 4.78 is 5.61. The quantitative estimate of drug-likeness (QED) is 0.837. The molecule has 1 aromatic rings. The van der Waals surface area contributed by atoms with E-state index in [1.165, 1.54) is 0 Å². The van der Waals surface area contributed by atoms with E-state index in [1.54, 1.807) is 0 Å². The van der Waals surface area contributed by atoms with Gasteiger partial charge in [-0.2, -0.15) is 0 Å². The Bertz CT molecular complexity index is 314. The average Bonchev–Trinajstić information content (AvgIpc) is 2.62. The summed E-state index contributed by atoms with van der Waals surface area (Å²) in [5.74, 6) is 1.79. The molecule has 4 heteroatoms. The molecule has 1 N–H and O–H groups in total. The zero-order chi connectivity index (χ0) is 12.2. The molecule has 0 saturated heterocycles. The minimum Gasteiger partial charge on any atom is -0.424 e. The highest BCUT2D eigenvalue weighted by Crippen LogP contribution is 2.18. The third-order valence-electron chi connectivity index (χ3n) is 2.40. The van der Waals surface area contributed by atoms with Crippen molar-refractivity contribution in [2.75, 3.05) is 0 Å². The summed E-state index contributed by atoms with van der Waals surface area (Å²) in [6, 6.07) is 0. The number of nitrogens with one attached hydrogen (secondary N) is 1. The molecule has 0 aliphatic heterocycles. The Kier molecular flexibility index (Phi) is 4.47. The maximum atomic E-state index is 5.61. The van der Waals surface area contributed by atoms with Crippen LogP contribution in [0.3, 0.4) is 0 Å². The van der Waals surface area contributed by atoms with Crippen LogP contribution in [-0.2, 0) is 6.54 Å². The van der Waals surface area contributed by atoms with Gasteiger partial charge in [-0.05, 0) is 27.2 Å². The lowest BCUT2D eigenvalue weighted by Gasteiger charge is -2.18. The summed E-state index contributed by atoms with van der Waals surface area (Å²) in [5.41, 5.74) is 0.0731. The van der Waals surface area contributed by atoms with E-state index >= 15 is 0 Å². The Balaban J connectivity index is 2.51. The van der Waals surface area contributed by atoms with Gasteiger partial charge in [0.25, 0.3) is 0 Å². The van der Waals surface area contributed by atoms with Gasteiger partial charge in [-0.1, -0.05) is 20.3 Å². The van der Waals surface area contributed by atoms with Gasteiger partial charge in [0.05, 0.1) is 6.54 Å². The topological polar surface area (TPSA) is 51.0 Å². The number of hydrogen-bond acceptors (Lipinski definition) is 4. The van der Waals surface area contributed by atoms with E-state index in [4.69, 9.17) is 4.42 Å². The van der Waals surface area contributed by atoms with Crippen LogP contribution in [-0.4, -0.2) is 15.7 Å². The second-order valence-electron chi connectivity index (χ2n) is 5.33. The molecular formula is C12H23N3O. The van der Waals surface area contributed by atoms with Crippen LogP contribution >= 0.6 is 0 Å². The van der Waals surface area contributed by atoms with Crippen molar-refractivity contribution in [2.24, 2.45) is 0 Å². The van der Waals surface area contributed by atoms with Crippen LogP contribution in [0.25, 0.3) is 0 Å². The molecule has 4 nitrogen and oxygen atoms in total. The van der Waals surface area contributed by atoms with Gasteiger partial charge < -0.3 is 9.73 Å². The Labute approximate surface area is 97.8 Å². The molecule has 0 aliphatic carbocycles. The van der Waals surface area contributed by atoms with E-state index in [-0.39, 0.29) is 5.54 Å². The van der Waals surface area contributed by atoms with E-state index in [0.717, 1.165) is 18.7 Å². The molecule has 0 radical (unpaired) electrons. The predicted octanol–water partition coefficient (Wildman–Crippen LogP) is 2.86. The van der Waals surface area contributed by atoms with Crippen LogP contribution < -0.4 is 5.32 Å². The third-order valence-corrected chi connectivity index (χ3v) is 2.40. The number of aromatic nitrogens is 2. The molecule has 0 amide bonds. The fraction of sp³-hybridized carbons (Fsp3) is 0.833. The smallest absolute Gasteiger partial charge is 0.230 e. The number of nitrogens with zero attached hydrogens (tertiary/aromatic N) is 2. The van der Waals surface area contributed by atoms with E-state index in [0.29, 0.717) is 18.4 Å². The van der Waals surface area contributed by atoms with E-state index in [1.807, 2.05) is 0 Å². The lowest BCUT2D eigenvalue weighted by Crippen LogP contribution is -2.35. The Morgan fingerprint density at radius 1 is 1.31 bits per heavy atom. The Hall–Kier alpha value is -0.900. The van der Waals surface area contributed by atoms with Crippen molar-refractivity contribution in [3.63, 3.8) is 0 Å². The minimum absolute atomic E-state index is 0.0731. The zero-order valence-corrected chi connectivity index (χ0v) is 11.0. The van der Waals surface area contributed by atoms with Crippen molar-refractivity contribution in [1.29, 1.82) is 0 Å². The summed E-state index contributed by atoms with van der Waals surface area (Å²) in [6.45, 7) is 11.3. The molecule has 1 heterocycles. The lowest BCUT2D eigenvalue weighted by atomic mass is 10.1. The second kappa shape index (κ2) is 5.43. The highest BCUT2D eigenvalue weighted by Gasteiger charge is 2.15. The van der Waals surface area contributed by atoms with Gasteiger partial charge in [-0.3, -0.25) is 0 Å². The molecule has 0 aliphatic rings. The van der Waals surface area contributed by atoms with Gasteiger partial charge in [0, 0.05) is 11.5 Å². The first-order valence-corrected chi connectivity index (χ1v) is 5.99. The van der Waals surface area contributed by atoms with Gasteiger partial charge in [-0.25, -0.2) is 0 Å². The van der Waals surface area contributed by atoms with Crippen molar-refractivity contribution >= 4 is 0 Å². The highest BCUT2D eigenvalue weighted by molar-refractivity contribution is 4.89. The Morgan fingerprint density at radius 3 is 2.56 bits per heavy atom. The normalized spacial score (nSPS) is 14.1. The summed E-state index contributed by atoms with van der Waals surface area (Å²) in [5, 5.41) is 11.4. The van der Waals surface area contributed by atoms with Crippen molar-refractivity contribution in [3.05, 3.63) is 11.8 Å². The molecule has 1 rings (SSSR count). The first-order chi connectivity index (χ1) is 7.42. The van der Waals surface area contributed by atoms with E-state index in [9.17, 15) is 0 Å². The second-order valence-corrected chi connectivity index (χ2v) is 5.33. The molecule has 0 aromatic carbocycles. The summed E-state index contributed by atoms with van der Waals surface area (Å²) in [7, 11) is 0. The van der Waals surface area contributed by atoms with E-state index in [2.05, 4.69) is 50.1 Å². The predicted molar refractivity (Wildman–Crippen MR) is 64.2 cm³/mol. The number of hydrogen-bond donors (Lipinski definition) is 1. The SMILES string of the molecule is CCCC(C)c1nnc(CNC(C)(C)C)o1. The molecule has 0 fully saturated rings. The first-order valence-electron chi connectivity index (χ1n) is 5.99. The van der Waals surface area contributed by atoms with Crippen molar-refractivity contribution < 1.29 is 4.42 Å². The lowest BCUT2D eigenvalue weighted by molar-refractivity contribution is 0.360. The van der Waals surface area contributed by atoms with Gasteiger partial charge in [0.1, 0.15) is 0 Å². The largest absolute Gasteiger partial charge is 0.424 e. The maximum Gasteiger partial charge on any atom is 0.230 e.